The van der Waals surface area contributed by atoms with E-state index in [9.17, 15) is 4.79 Å². The van der Waals surface area contributed by atoms with Crippen LogP contribution < -0.4 is 10.9 Å². The van der Waals surface area contributed by atoms with Crippen molar-refractivity contribution < 1.29 is 0 Å². The molecule has 0 fully saturated rings. The Hall–Kier alpha value is -2.27. The van der Waals surface area contributed by atoms with Crippen molar-refractivity contribution in [2.45, 2.75) is 6.92 Å². The summed E-state index contributed by atoms with van der Waals surface area (Å²) < 4.78 is 3.82. The Balaban J connectivity index is 1.85. The maximum Gasteiger partial charge on any atom is 0.268 e. The van der Waals surface area contributed by atoms with Gasteiger partial charge in [-0.2, -0.15) is 0 Å². The summed E-state index contributed by atoms with van der Waals surface area (Å²) in [5.74, 6) is 0.486. The zero-order valence-corrected chi connectivity index (χ0v) is 19.7. The highest BCUT2D eigenvalue weighted by molar-refractivity contribution is 14.1. The van der Waals surface area contributed by atoms with Gasteiger partial charge in [0.2, 0.25) is 0 Å². The van der Waals surface area contributed by atoms with Crippen LogP contribution in [-0.4, -0.2) is 15.6 Å². The second-order valence-electron chi connectivity index (χ2n) is 6.43. The molecule has 0 unspecified atom stereocenters. The van der Waals surface area contributed by atoms with Gasteiger partial charge in [-0.1, -0.05) is 6.07 Å². The van der Waals surface area contributed by atoms with Gasteiger partial charge in [-0.25, -0.2) is 4.98 Å². The number of hydrogen-bond acceptors (Lipinski definition) is 4. The lowest BCUT2D eigenvalue weighted by atomic mass is 10.2. The van der Waals surface area contributed by atoms with Crippen molar-refractivity contribution in [1.82, 2.24) is 9.38 Å². The molecule has 0 bridgehead atoms. The van der Waals surface area contributed by atoms with E-state index in [0.29, 0.717) is 17.0 Å². The Bertz CT molecular complexity index is 1260. The Kier molecular flexibility index (Phi) is 5.95. The number of rotatable bonds is 4. The zero-order valence-electron chi connectivity index (χ0n) is 15.4. The predicted octanol–water partition coefficient (Wildman–Crippen LogP) is 5.71. The van der Waals surface area contributed by atoms with Crippen LogP contribution in [0.2, 0.25) is 0 Å². The fourth-order valence-electron chi connectivity index (χ4n) is 2.86. The number of fused-ring (bicyclic) bond motifs is 1. The quantitative estimate of drug-likeness (QED) is 0.240. The fraction of sp³-hybridized carbons (Fsp3) is 0.0455. The minimum absolute atomic E-state index is 0.166. The van der Waals surface area contributed by atoms with Crippen molar-refractivity contribution in [1.29, 1.82) is 0 Å². The molecule has 2 aromatic carbocycles. The van der Waals surface area contributed by atoms with Crippen LogP contribution in [0.5, 0.6) is 0 Å². The summed E-state index contributed by atoms with van der Waals surface area (Å²) in [4.78, 5) is 22.4. The van der Waals surface area contributed by atoms with E-state index in [1.807, 2.05) is 67.6 Å². The summed E-state index contributed by atoms with van der Waals surface area (Å²) in [6.07, 6.45) is 3.32. The summed E-state index contributed by atoms with van der Waals surface area (Å²) in [5.41, 5.74) is 3.43. The number of aryl methyl sites for hydroxylation is 1. The Morgan fingerprint density at radius 3 is 2.34 bits per heavy atom. The molecule has 2 heterocycles. The van der Waals surface area contributed by atoms with Crippen molar-refractivity contribution in [2.75, 3.05) is 5.32 Å². The van der Waals surface area contributed by atoms with Gasteiger partial charge in [0.1, 0.15) is 17.0 Å². The number of anilines is 2. The van der Waals surface area contributed by atoms with Gasteiger partial charge in [0.05, 0.1) is 5.69 Å². The first kappa shape index (κ1) is 20.0. The highest BCUT2D eigenvalue weighted by atomic mass is 127. The van der Waals surface area contributed by atoms with E-state index in [-0.39, 0.29) is 5.56 Å². The van der Waals surface area contributed by atoms with Crippen LogP contribution in [0.3, 0.4) is 0 Å². The molecule has 4 rings (SSSR count). The number of pyridine rings is 1. The first-order chi connectivity index (χ1) is 14.0. The molecule has 144 valence electrons. The van der Waals surface area contributed by atoms with E-state index in [1.54, 1.807) is 16.8 Å². The topological polar surface area (TPSA) is 58.8 Å². The molecule has 0 atom stereocenters. The molecule has 0 saturated carbocycles. The van der Waals surface area contributed by atoms with Gasteiger partial charge in [-0.05, 0) is 112 Å². The minimum atomic E-state index is -0.166. The summed E-state index contributed by atoms with van der Waals surface area (Å²) in [7, 11) is 0. The molecule has 4 aromatic rings. The first-order valence-corrected chi connectivity index (χ1v) is 11.0. The molecule has 0 saturated heterocycles. The second kappa shape index (κ2) is 8.62. The van der Waals surface area contributed by atoms with Gasteiger partial charge in [0, 0.05) is 25.2 Å². The number of hydrogen-bond donors (Lipinski definition) is 1. The van der Waals surface area contributed by atoms with E-state index in [2.05, 4.69) is 55.5 Å². The molecule has 0 spiro atoms. The third-order valence-corrected chi connectivity index (χ3v) is 5.80. The number of aromatic nitrogens is 2. The average molecular weight is 606 g/mol. The Labute approximate surface area is 195 Å². The highest BCUT2D eigenvalue weighted by Crippen LogP contribution is 2.20. The summed E-state index contributed by atoms with van der Waals surface area (Å²) in [6, 6.07) is 19.5. The number of benzene rings is 2. The van der Waals surface area contributed by atoms with Crippen LogP contribution >= 0.6 is 45.2 Å². The molecule has 2 aromatic heterocycles. The van der Waals surface area contributed by atoms with Crippen LogP contribution in [0.4, 0.5) is 17.2 Å². The number of aliphatic imine (C=N–C) groups is 1. The maximum absolute atomic E-state index is 13.2. The Morgan fingerprint density at radius 2 is 1.66 bits per heavy atom. The van der Waals surface area contributed by atoms with Crippen LogP contribution in [0.25, 0.3) is 5.65 Å². The van der Waals surface area contributed by atoms with E-state index >= 15 is 0 Å². The van der Waals surface area contributed by atoms with Crippen molar-refractivity contribution in [3.05, 3.63) is 95.5 Å². The third kappa shape index (κ3) is 4.50. The third-order valence-electron chi connectivity index (χ3n) is 4.36. The lowest BCUT2D eigenvalue weighted by Gasteiger charge is -2.12. The molecule has 1 N–H and O–H groups in total. The second-order valence-corrected chi connectivity index (χ2v) is 8.92. The molecule has 5 nitrogen and oxygen atoms in total. The van der Waals surface area contributed by atoms with Crippen molar-refractivity contribution in [3.8, 4) is 0 Å². The predicted molar refractivity (Wildman–Crippen MR) is 135 cm³/mol. The van der Waals surface area contributed by atoms with Gasteiger partial charge in [0.15, 0.2) is 0 Å². The van der Waals surface area contributed by atoms with Crippen LogP contribution in [0, 0.1) is 14.1 Å². The van der Waals surface area contributed by atoms with E-state index in [1.165, 1.54) is 0 Å². The molecule has 0 aliphatic heterocycles. The van der Waals surface area contributed by atoms with Crippen molar-refractivity contribution >= 4 is 74.2 Å². The molecule has 0 radical (unpaired) electrons. The minimum Gasteiger partial charge on any atom is -0.339 e. The molecule has 29 heavy (non-hydrogen) atoms. The highest BCUT2D eigenvalue weighted by Gasteiger charge is 2.13. The normalized spacial score (nSPS) is 11.3. The molecule has 7 heteroatoms. The summed E-state index contributed by atoms with van der Waals surface area (Å²) in [6.45, 7) is 1.94. The van der Waals surface area contributed by atoms with Gasteiger partial charge in [-0.3, -0.25) is 14.2 Å². The van der Waals surface area contributed by atoms with Gasteiger partial charge in [-0.15, -0.1) is 0 Å². The summed E-state index contributed by atoms with van der Waals surface area (Å²) in [5, 5.41) is 3.29. The van der Waals surface area contributed by atoms with Crippen LogP contribution in [-0.2, 0) is 0 Å². The SMILES string of the molecule is Cc1cccn2c(=O)c(C=Nc3ccc(I)cc3)c(Nc3ccc(I)cc3)nc12. The fourth-order valence-corrected chi connectivity index (χ4v) is 3.58. The summed E-state index contributed by atoms with van der Waals surface area (Å²) >= 11 is 4.51. The maximum atomic E-state index is 13.2. The lowest BCUT2D eigenvalue weighted by Crippen LogP contribution is -2.22. The lowest BCUT2D eigenvalue weighted by molar-refractivity contribution is 1.03. The standard InChI is InChI=1S/C22H16I2N4O/c1-14-3-2-12-28-21(14)27-20(26-18-10-6-16(24)7-11-18)19(22(28)29)13-25-17-8-4-15(23)5-9-17/h2-13,26H,1H3. The van der Waals surface area contributed by atoms with Gasteiger partial charge in [0.25, 0.3) is 5.56 Å². The van der Waals surface area contributed by atoms with E-state index in [0.717, 1.165) is 24.1 Å². The first-order valence-electron chi connectivity index (χ1n) is 8.85. The van der Waals surface area contributed by atoms with E-state index < -0.39 is 0 Å². The van der Waals surface area contributed by atoms with E-state index in [4.69, 9.17) is 4.98 Å². The molecule has 0 aliphatic rings. The molecular formula is C22H16I2N4O. The molecule has 0 amide bonds. The van der Waals surface area contributed by atoms with Crippen LogP contribution in [0.1, 0.15) is 11.1 Å². The largest absolute Gasteiger partial charge is 0.339 e. The van der Waals surface area contributed by atoms with Crippen LogP contribution in [0.15, 0.2) is 76.6 Å². The monoisotopic (exact) mass is 606 g/mol. The zero-order chi connectivity index (χ0) is 20.4. The number of nitrogens with one attached hydrogen (secondary N) is 1. The van der Waals surface area contributed by atoms with Gasteiger partial charge < -0.3 is 5.32 Å². The number of nitrogens with zero attached hydrogens (tertiary/aromatic N) is 3. The van der Waals surface area contributed by atoms with Gasteiger partial charge >= 0.3 is 0 Å². The molecular weight excluding hydrogens is 590 g/mol. The van der Waals surface area contributed by atoms with Crippen molar-refractivity contribution in [2.24, 2.45) is 4.99 Å². The Morgan fingerprint density at radius 1 is 1.00 bits per heavy atom. The average Bonchev–Trinajstić information content (AvgIpc) is 2.71. The van der Waals surface area contributed by atoms with Crippen molar-refractivity contribution in [3.63, 3.8) is 0 Å². The molecule has 0 aliphatic carbocycles. The number of halogens is 2. The smallest absolute Gasteiger partial charge is 0.268 e.